The third-order valence-electron chi connectivity index (χ3n) is 7.92. The molecule has 0 aliphatic heterocycles. The summed E-state index contributed by atoms with van der Waals surface area (Å²) in [7, 11) is -1.38. The van der Waals surface area contributed by atoms with E-state index in [9.17, 15) is 0 Å². The number of hydrogen-bond donors (Lipinski definition) is 0. The Morgan fingerprint density at radius 2 is 0.522 bits per heavy atom. The zero-order valence-corrected chi connectivity index (χ0v) is 35.1. The van der Waals surface area contributed by atoms with Crippen molar-refractivity contribution in [3.8, 4) is 0 Å². The van der Waals surface area contributed by atoms with Gasteiger partial charge in [-0.3, -0.25) is 0 Å². The van der Waals surface area contributed by atoms with Crippen LogP contribution in [0.4, 0.5) is 0 Å². The van der Waals surface area contributed by atoms with Crippen molar-refractivity contribution in [2.45, 2.75) is 182 Å². The van der Waals surface area contributed by atoms with Gasteiger partial charge in [0.05, 0.1) is 0 Å². The van der Waals surface area contributed by atoms with E-state index in [-0.39, 0.29) is 0 Å². The van der Waals surface area contributed by atoms with Crippen LogP contribution >= 0.6 is 21.6 Å². The molecule has 0 saturated carbocycles. The Morgan fingerprint density at radius 3 is 0.717 bits per heavy atom. The highest BCUT2D eigenvalue weighted by atomic mass is 33.1. The Bertz CT molecular complexity index is 496. The molecule has 0 bridgehead atoms. The molecule has 0 N–H and O–H groups in total. The van der Waals surface area contributed by atoms with E-state index in [4.69, 9.17) is 26.6 Å². The molecule has 10 heteroatoms. The van der Waals surface area contributed by atoms with Gasteiger partial charge in [0.15, 0.2) is 0 Å². The third-order valence-corrected chi connectivity index (χ3v) is 16.3. The van der Waals surface area contributed by atoms with Crippen molar-refractivity contribution in [2.24, 2.45) is 0 Å². The monoisotopic (exact) mass is 726 g/mol. The van der Waals surface area contributed by atoms with Gasteiger partial charge >= 0.3 is 17.6 Å². The van der Waals surface area contributed by atoms with E-state index in [2.05, 4.69) is 41.5 Å². The molecular formula is C36H78O6S2Si2. The highest BCUT2D eigenvalue weighted by Gasteiger charge is 2.41. The lowest BCUT2D eigenvalue weighted by atomic mass is 10.3. The smallest absolute Gasteiger partial charge is 0.373 e. The van der Waals surface area contributed by atoms with E-state index >= 15 is 0 Å². The molecule has 0 saturated heterocycles. The molecule has 0 unspecified atom stereocenters. The summed E-state index contributed by atoms with van der Waals surface area (Å²) in [6.45, 7) is 18.0. The molecule has 278 valence electrons. The van der Waals surface area contributed by atoms with E-state index in [0.717, 1.165) is 115 Å². The topological polar surface area (TPSA) is 55.4 Å². The fraction of sp³-hybridized carbons (Fsp3) is 1.00. The Morgan fingerprint density at radius 1 is 0.304 bits per heavy atom. The third kappa shape index (κ3) is 27.7. The summed E-state index contributed by atoms with van der Waals surface area (Å²) in [6, 6.07) is 1.84. The van der Waals surface area contributed by atoms with Gasteiger partial charge in [-0.2, -0.15) is 0 Å². The predicted molar refractivity (Wildman–Crippen MR) is 208 cm³/mol. The summed E-state index contributed by atoms with van der Waals surface area (Å²) in [5.74, 6) is 2.18. The van der Waals surface area contributed by atoms with Crippen LogP contribution in [-0.2, 0) is 26.6 Å². The van der Waals surface area contributed by atoms with E-state index < -0.39 is 17.6 Å². The highest BCUT2D eigenvalue weighted by molar-refractivity contribution is 8.76. The fourth-order valence-electron chi connectivity index (χ4n) is 4.97. The highest BCUT2D eigenvalue weighted by Crippen LogP contribution is 2.29. The van der Waals surface area contributed by atoms with Gasteiger partial charge in [-0.1, -0.05) is 140 Å². The van der Waals surface area contributed by atoms with Crippen LogP contribution in [0.5, 0.6) is 0 Å². The van der Waals surface area contributed by atoms with Crippen LogP contribution in [0.1, 0.15) is 170 Å². The van der Waals surface area contributed by atoms with Crippen LogP contribution < -0.4 is 0 Å². The first-order chi connectivity index (χ1) is 22.6. The maximum atomic E-state index is 6.56. The number of hydrogen-bond acceptors (Lipinski definition) is 8. The standard InChI is InChI=1S/C36H78O6S2Si2/c1-7-13-19-27-37-45(38-28-20-14-8-2,39-29-21-15-9-3)35-25-33-43-44-34-26-36-46(40-30-22-16-10-4,41-31-23-17-11-5)42-32-24-18-12-6/h7-36H2,1-6H3. The largest absolute Gasteiger partial charge is 0.500 e. The second kappa shape index (κ2) is 35.7. The van der Waals surface area contributed by atoms with Crippen molar-refractivity contribution < 1.29 is 26.6 Å². The summed E-state index contributed by atoms with van der Waals surface area (Å²) >= 11 is 0. The number of unbranched alkanes of at least 4 members (excludes halogenated alkanes) is 12. The second-order valence-corrected chi connectivity index (χ2v) is 20.7. The molecule has 6 nitrogen and oxygen atoms in total. The molecule has 0 aromatic rings. The summed E-state index contributed by atoms with van der Waals surface area (Å²) in [4.78, 5) is 0. The molecule has 0 aromatic heterocycles. The molecular weight excluding hydrogens is 649 g/mol. The van der Waals surface area contributed by atoms with Gasteiger partial charge < -0.3 is 26.6 Å². The quantitative estimate of drug-likeness (QED) is 0.0352. The van der Waals surface area contributed by atoms with Gasteiger partial charge in [-0.25, -0.2) is 0 Å². The van der Waals surface area contributed by atoms with Gasteiger partial charge in [0, 0.05) is 63.2 Å². The molecule has 0 radical (unpaired) electrons. The van der Waals surface area contributed by atoms with Gasteiger partial charge in [0.25, 0.3) is 0 Å². The minimum absolute atomic E-state index is 0.761. The molecule has 0 fully saturated rings. The summed E-state index contributed by atoms with van der Waals surface area (Å²) in [5, 5.41) is 0. The van der Waals surface area contributed by atoms with Crippen molar-refractivity contribution >= 4 is 39.2 Å². The number of rotatable bonds is 39. The molecule has 46 heavy (non-hydrogen) atoms. The minimum Gasteiger partial charge on any atom is -0.373 e. The molecule has 0 aliphatic carbocycles. The molecule has 0 atom stereocenters. The molecule has 0 rings (SSSR count). The molecule has 0 amide bonds. The maximum absolute atomic E-state index is 6.56. The average molecular weight is 727 g/mol. The molecule has 0 spiro atoms. The van der Waals surface area contributed by atoms with Crippen molar-refractivity contribution in [3.05, 3.63) is 0 Å². The Hall–Kier alpha value is 0.894. The zero-order chi connectivity index (χ0) is 33.9. The van der Waals surface area contributed by atoms with Crippen molar-refractivity contribution in [1.29, 1.82) is 0 Å². The van der Waals surface area contributed by atoms with Gasteiger partial charge in [0.2, 0.25) is 0 Å². The van der Waals surface area contributed by atoms with Crippen LogP contribution in [0.2, 0.25) is 12.1 Å². The lowest BCUT2D eigenvalue weighted by Crippen LogP contribution is -2.46. The molecule has 0 aromatic carbocycles. The average Bonchev–Trinajstić information content (AvgIpc) is 3.07. The van der Waals surface area contributed by atoms with Crippen LogP contribution in [0.15, 0.2) is 0 Å². The summed E-state index contributed by atoms with van der Waals surface area (Å²) < 4.78 is 39.4. The lowest BCUT2D eigenvalue weighted by molar-refractivity contribution is 0.0547. The van der Waals surface area contributed by atoms with Gasteiger partial charge in [0.1, 0.15) is 0 Å². The summed E-state index contributed by atoms with van der Waals surface area (Å²) in [6.07, 6.45) is 23.1. The van der Waals surface area contributed by atoms with Crippen molar-refractivity contribution in [2.75, 3.05) is 51.1 Å². The van der Waals surface area contributed by atoms with E-state index in [1.54, 1.807) is 0 Å². The van der Waals surface area contributed by atoms with E-state index in [0.29, 0.717) is 0 Å². The van der Waals surface area contributed by atoms with Gasteiger partial charge in [-0.05, 0) is 51.4 Å². The molecule has 0 heterocycles. The molecule has 0 aliphatic rings. The zero-order valence-electron chi connectivity index (χ0n) is 31.5. The van der Waals surface area contributed by atoms with Gasteiger partial charge in [-0.15, -0.1) is 0 Å². The van der Waals surface area contributed by atoms with E-state index in [1.807, 2.05) is 21.6 Å². The summed E-state index contributed by atoms with van der Waals surface area (Å²) in [5.41, 5.74) is 0. The Kier molecular flexibility index (Phi) is 36.4. The first-order valence-electron chi connectivity index (χ1n) is 19.7. The van der Waals surface area contributed by atoms with Crippen LogP contribution in [0.3, 0.4) is 0 Å². The Balaban J connectivity index is 5.00. The minimum atomic E-state index is -2.67. The van der Waals surface area contributed by atoms with Crippen LogP contribution in [0, 0.1) is 0 Å². The normalized spacial score (nSPS) is 12.4. The van der Waals surface area contributed by atoms with E-state index in [1.165, 1.54) is 77.0 Å². The predicted octanol–water partition coefficient (Wildman–Crippen LogP) is 12.3. The van der Waals surface area contributed by atoms with Crippen molar-refractivity contribution in [3.63, 3.8) is 0 Å². The SMILES string of the molecule is CCCCCO[Si](CCCSSCCC[Si](OCCCCC)(OCCCCC)OCCCCC)(OCCCCC)OCCCCC. The van der Waals surface area contributed by atoms with Crippen molar-refractivity contribution in [1.82, 2.24) is 0 Å². The second-order valence-electron chi connectivity index (χ2n) is 12.6. The van der Waals surface area contributed by atoms with Crippen LogP contribution in [-0.4, -0.2) is 68.8 Å². The Labute approximate surface area is 297 Å². The first-order valence-corrected chi connectivity index (χ1v) is 26.0. The maximum Gasteiger partial charge on any atom is 0.500 e. The fourth-order valence-corrected chi connectivity index (χ4v) is 13.0. The first kappa shape index (κ1) is 46.9. The lowest BCUT2D eigenvalue weighted by Gasteiger charge is -2.30. The van der Waals surface area contributed by atoms with Crippen LogP contribution in [0.25, 0.3) is 0 Å².